The third kappa shape index (κ3) is 4.54. The first-order valence-corrected chi connectivity index (χ1v) is 7.81. The highest BCUT2D eigenvalue weighted by Crippen LogP contribution is 2.21. The van der Waals surface area contributed by atoms with Gasteiger partial charge in [0, 0.05) is 18.9 Å². The van der Waals surface area contributed by atoms with Crippen LogP contribution < -0.4 is 0 Å². The molecule has 0 aliphatic carbocycles. The van der Waals surface area contributed by atoms with Crippen LogP contribution in [0.15, 0.2) is 48.5 Å². The summed E-state index contributed by atoms with van der Waals surface area (Å²) in [6.07, 6.45) is 0.527. The van der Waals surface area contributed by atoms with Gasteiger partial charge >= 0.3 is 0 Å². The van der Waals surface area contributed by atoms with Gasteiger partial charge in [0.05, 0.1) is 0 Å². The smallest absolute Gasteiger partial charge is 0.139 e. The fourth-order valence-corrected chi connectivity index (χ4v) is 2.39. The third-order valence-electron chi connectivity index (χ3n) is 3.76. The van der Waals surface area contributed by atoms with Gasteiger partial charge in [-0.1, -0.05) is 62.4 Å². The zero-order valence-corrected chi connectivity index (χ0v) is 14.0. The first-order chi connectivity index (χ1) is 10.5. The van der Waals surface area contributed by atoms with Crippen LogP contribution in [0, 0.1) is 5.92 Å². The Morgan fingerprint density at radius 1 is 0.864 bits per heavy atom. The molecule has 0 saturated heterocycles. The van der Waals surface area contributed by atoms with Gasteiger partial charge in [-0.25, -0.2) is 0 Å². The van der Waals surface area contributed by atoms with Gasteiger partial charge in [0.25, 0.3) is 0 Å². The van der Waals surface area contributed by atoms with E-state index in [9.17, 15) is 4.79 Å². The molecule has 0 amide bonds. The van der Waals surface area contributed by atoms with Crippen molar-refractivity contribution in [2.75, 3.05) is 14.1 Å². The Hall–Kier alpha value is -1.93. The van der Waals surface area contributed by atoms with E-state index in [0.717, 1.165) is 12.1 Å². The van der Waals surface area contributed by atoms with Crippen molar-refractivity contribution < 1.29 is 4.79 Å². The lowest BCUT2D eigenvalue weighted by Crippen LogP contribution is -2.10. The van der Waals surface area contributed by atoms with Crippen molar-refractivity contribution in [3.63, 3.8) is 0 Å². The maximum Gasteiger partial charge on any atom is 0.139 e. The first-order valence-electron chi connectivity index (χ1n) is 7.81. The van der Waals surface area contributed by atoms with Crippen LogP contribution in [0.5, 0.6) is 0 Å². The molecule has 2 aromatic carbocycles. The highest BCUT2D eigenvalue weighted by Gasteiger charge is 2.08. The second kappa shape index (κ2) is 7.37. The fraction of sp³-hybridized carbons (Fsp3) is 0.350. The average molecular weight is 295 g/mol. The fourth-order valence-electron chi connectivity index (χ4n) is 2.39. The van der Waals surface area contributed by atoms with Gasteiger partial charge in [-0.05, 0) is 36.3 Å². The topological polar surface area (TPSA) is 20.3 Å². The monoisotopic (exact) mass is 295 g/mol. The van der Waals surface area contributed by atoms with Gasteiger partial charge in [0.15, 0.2) is 0 Å². The highest BCUT2D eigenvalue weighted by atomic mass is 16.1. The Kier molecular flexibility index (Phi) is 5.51. The van der Waals surface area contributed by atoms with E-state index in [-0.39, 0.29) is 5.92 Å². The average Bonchev–Trinajstić information content (AvgIpc) is 2.48. The molecule has 0 unspecified atom stereocenters. The number of nitrogens with zero attached hydrogens (tertiary/aromatic N) is 1. The lowest BCUT2D eigenvalue weighted by molar-refractivity contribution is -0.121. The molecule has 0 bridgehead atoms. The maximum atomic E-state index is 11.8. The predicted octanol–water partition coefficient (Wildman–Crippen LogP) is 4.18. The van der Waals surface area contributed by atoms with Crippen LogP contribution in [-0.2, 0) is 17.8 Å². The molecule has 22 heavy (non-hydrogen) atoms. The molecule has 0 heterocycles. The molecule has 116 valence electrons. The standard InChI is InChI=1S/C20H25NO/c1-15(2)20(22)13-16-5-9-18(10-6-16)19-11-7-17(8-12-19)14-21(3)4/h5-12,15H,13-14H2,1-4H3. The molecule has 2 nitrogen and oxygen atoms in total. The van der Waals surface area contributed by atoms with Gasteiger partial charge in [-0.15, -0.1) is 0 Å². The second-order valence-electron chi connectivity index (χ2n) is 6.43. The number of benzene rings is 2. The van der Waals surface area contributed by atoms with E-state index < -0.39 is 0 Å². The molecule has 0 spiro atoms. The summed E-state index contributed by atoms with van der Waals surface area (Å²) in [4.78, 5) is 14.0. The molecule has 0 fully saturated rings. The van der Waals surface area contributed by atoms with Gasteiger partial charge in [-0.3, -0.25) is 4.79 Å². The van der Waals surface area contributed by atoms with E-state index in [2.05, 4.69) is 67.5 Å². The molecule has 0 atom stereocenters. The van der Waals surface area contributed by atoms with Crippen molar-refractivity contribution in [2.24, 2.45) is 5.92 Å². The Bertz CT molecular complexity index is 609. The quantitative estimate of drug-likeness (QED) is 0.796. The summed E-state index contributed by atoms with van der Waals surface area (Å²) < 4.78 is 0. The van der Waals surface area contributed by atoms with Crippen molar-refractivity contribution in [3.8, 4) is 11.1 Å². The summed E-state index contributed by atoms with van der Waals surface area (Å²) in [5.41, 5.74) is 4.81. The molecule has 0 aromatic heterocycles. The molecule has 2 heteroatoms. The van der Waals surface area contributed by atoms with E-state index in [0.29, 0.717) is 12.2 Å². The van der Waals surface area contributed by atoms with E-state index in [1.165, 1.54) is 16.7 Å². The number of rotatable bonds is 6. The first kappa shape index (κ1) is 16.4. The van der Waals surface area contributed by atoms with Crippen LogP contribution in [0.2, 0.25) is 0 Å². The minimum atomic E-state index is 0.101. The van der Waals surface area contributed by atoms with Crippen LogP contribution in [0.4, 0.5) is 0 Å². The Morgan fingerprint density at radius 2 is 1.32 bits per heavy atom. The van der Waals surface area contributed by atoms with Gasteiger partial charge < -0.3 is 4.90 Å². The summed E-state index contributed by atoms with van der Waals surface area (Å²) in [6.45, 7) is 4.86. The van der Waals surface area contributed by atoms with Gasteiger partial charge in [0.1, 0.15) is 5.78 Å². The zero-order chi connectivity index (χ0) is 16.1. The molecule has 0 N–H and O–H groups in total. The van der Waals surface area contributed by atoms with Crippen LogP contribution >= 0.6 is 0 Å². The SMILES string of the molecule is CC(C)C(=O)Cc1ccc(-c2ccc(CN(C)C)cc2)cc1. The number of hydrogen-bond acceptors (Lipinski definition) is 2. The van der Waals surface area contributed by atoms with E-state index >= 15 is 0 Å². The third-order valence-corrected chi connectivity index (χ3v) is 3.76. The predicted molar refractivity (Wildman–Crippen MR) is 92.8 cm³/mol. The van der Waals surface area contributed by atoms with Crippen molar-refractivity contribution >= 4 is 5.78 Å². The van der Waals surface area contributed by atoms with Crippen LogP contribution in [0.25, 0.3) is 11.1 Å². The van der Waals surface area contributed by atoms with E-state index in [1.54, 1.807) is 0 Å². The van der Waals surface area contributed by atoms with Crippen molar-refractivity contribution in [1.29, 1.82) is 0 Å². The van der Waals surface area contributed by atoms with E-state index in [1.807, 2.05) is 13.8 Å². The number of carbonyl (C=O) groups excluding carboxylic acids is 1. The number of carbonyl (C=O) groups is 1. The Balaban J connectivity index is 2.08. The summed E-state index contributed by atoms with van der Waals surface area (Å²) in [6, 6.07) is 17.0. The van der Waals surface area contributed by atoms with Crippen LogP contribution in [0.3, 0.4) is 0 Å². The summed E-state index contributed by atoms with van der Waals surface area (Å²) in [7, 11) is 4.15. The number of hydrogen-bond donors (Lipinski definition) is 0. The van der Waals surface area contributed by atoms with Crippen LogP contribution in [-0.4, -0.2) is 24.8 Å². The lowest BCUT2D eigenvalue weighted by Gasteiger charge is -2.10. The lowest BCUT2D eigenvalue weighted by atomic mass is 9.98. The largest absolute Gasteiger partial charge is 0.305 e. The molecule has 0 radical (unpaired) electrons. The second-order valence-corrected chi connectivity index (χ2v) is 6.43. The van der Waals surface area contributed by atoms with Gasteiger partial charge in [0.2, 0.25) is 0 Å². The van der Waals surface area contributed by atoms with Crippen molar-refractivity contribution in [3.05, 3.63) is 59.7 Å². The molecule has 0 aliphatic rings. The Labute approximate surface area is 133 Å². The molecule has 0 aliphatic heterocycles. The number of ketones is 1. The normalized spacial score (nSPS) is 11.2. The zero-order valence-electron chi connectivity index (χ0n) is 14.0. The molecular formula is C20H25NO. The Morgan fingerprint density at radius 3 is 1.73 bits per heavy atom. The summed E-state index contributed by atoms with van der Waals surface area (Å²) in [5, 5.41) is 0. The summed E-state index contributed by atoms with van der Waals surface area (Å²) in [5.74, 6) is 0.393. The molecule has 2 rings (SSSR count). The van der Waals surface area contributed by atoms with E-state index in [4.69, 9.17) is 0 Å². The maximum absolute atomic E-state index is 11.8. The number of Topliss-reactive ketones (excluding diaryl/α,β-unsaturated/α-hetero) is 1. The molecular weight excluding hydrogens is 270 g/mol. The molecule has 2 aromatic rings. The van der Waals surface area contributed by atoms with Gasteiger partial charge in [-0.2, -0.15) is 0 Å². The van der Waals surface area contributed by atoms with Crippen molar-refractivity contribution in [2.45, 2.75) is 26.8 Å². The minimum Gasteiger partial charge on any atom is -0.305 e. The highest BCUT2D eigenvalue weighted by molar-refractivity contribution is 5.82. The molecule has 0 saturated carbocycles. The van der Waals surface area contributed by atoms with Crippen molar-refractivity contribution in [1.82, 2.24) is 4.90 Å². The summed E-state index contributed by atoms with van der Waals surface area (Å²) >= 11 is 0. The minimum absolute atomic E-state index is 0.101. The van der Waals surface area contributed by atoms with Crippen LogP contribution in [0.1, 0.15) is 25.0 Å².